The Morgan fingerprint density at radius 1 is 1.05 bits per heavy atom. The number of nitrogens with zero attached hydrogens (tertiary/aromatic N) is 3. The molecule has 0 spiro atoms. The summed E-state index contributed by atoms with van der Waals surface area (Å²) in [6.07, 6.45) is 3.45. The predicted octanol–water partition coefficient (Wildman–Crippen LogP) is 4.42. The molecule has 2 heterocycles. The van der Waals surface area contributed by atoms with Gasteiger partial charge in [-0.3, -0.25) is 4.98 Å². The van der Waals surface area contributed by atoms with Crippen molar-refractivity contribution in [3.05, 3.63) is 59.9 Å². The second kappa shape index (κ2) is 5.66. The van der Waals surface area contributed by atoms with Crippen molar-refractivity contribution in [3.8, 4) is 22.5 Å². The summed E-state index contributed by atoms with van der Waals surface area (Å²) < 4.78 is 15.0. The van der Waals surface area contributed by atoms with E-state index in [-0.39, 0.29) is 5.82 Å². The summed E-state index contributed by atoms with van der Waals surface area (Å²) >= 11 is 6.24. The van der Waals surface area contributed by atoms with Crippen molar-refractivity contribution in [2.75, 3.05) is 0 Å². The highest BCUT2D eigenvalue weighted by atomic mass is 35.5. The Morgan fingerprint density at radius 2 is 1.71 bits per heavy atom. The van der Waals surface area contributed by atoms with Gasteiger partial charge in [-0.05, 0) is 54.9 Å². The SMILES string of the molecule is CCn1c(Cl)nc(-c2ccc(F)cc2)c1-c1ccncc1. The maximum absolute atomic E-state index is 13.1. The molecule has 0 aliphatic heterocycles. The molecule has 0 radical (unpaired) electrons. The van der Waals surface area contributed by atoms with Gasteiger partial charge >= 0.3 is 0 Å². The highest BCUT2D eigenvalue weighted by molar-refractivity contribution is 6.29. The van der Waals surface area contributed by atoms with Crippen LogP contribution in [-0.4, -0.2) is 14.5 Å². The summed E-state index contributed by atoms with van der Waals surface area (Å²) in [7, 11) is 0. The topological polar surface area (TPSA) is 30.7 Å². The fraction of sp³-hybridized carbons (Fsp3) is 0.125. The lowest BCUT2D eigenvalue weighted by Crippen LogP contribution is -1.97. The van der Waals surface area contributed by atoms with Crippen LogP contribution in [0, 0.1) is 5.82 Å². The van der Waals surface area contributed by atoms with Crippen molar-refractivity contribution in [2.24, 2.45) is 0 Å². The number of aromatic nitrogens is 3. The van der Waals surface area contributed by atoms with Gasteiger partial charge in [0, 0.05) is 30.1 Å². The van der Waals surface area contributed by atoms with E-state index in [2.05, 4.69) is 9.97 Å². The molecule has 0 N–H and O–H groups in total. The number of rotatable bonds is 3. The van der Waals surface area contributed by atoms with E-state index in [0.29, 0.717) is 11.8 Å². The van der Waals surface area contributed by atoms with E-state index in [1.165, 1.54) is 12.1 Å². The molecule has 0 unspecified atom stereocenters. The molecule has 0 saturated carbocycles. The highest BCUT2D eigenvalue weighted by Crippen LogP contribution is 2.34. The lowest BCUT2D eigenvalue weighted by molar-refractivity contribution is 0.628. The average molecular weight is 302 g/mol. The first kappa shape index (κ1) is 13.8. The van der Waals surface area contributed by atoms with E-state index in [1.807, 2.05) is 23.6 Å². The van der Waals surface area contributed by atoms with Gasteiger partial charge in [-0.15, -0.1) is 0 Å². The van der Waals surface area contributed by atoms with Gasteiger partial charge in [0.1, 0.15) is 5.82 Å². The van der Waals surface area contributed by atoms with E-state index in [0.717, 1.165) is 22.5 Å². The summed E-state index contributed by atoms with van der Waals surface area (Å²) in [4.78, 5) is 8.48. The number of benzene rings is 1. The van der Waals surface area contributed by atoms with Crippen molar-refractivity contribution in [2.45, 2.75) is 13.5 Å². The second-order valence-corrected chi connectivity index (χ2v) is 4.90. The van der Waals surface area contributed by atoms with Crippen LogP contribution in [0.25, 0.3) is 22.5 Å². The second-order valence-electron chi connectivity index (χ2n) is 4.57. The van der Waals surface area contributed by atoms with Gasteiger partial charge in [-0.2, -0.15) is 0 Å². The Balaban J connectivity index is 2.24. The molecule has 3 rings (SSSR count). The van der Waals surface area contributed by atoms with Crippen molar-refractivity contribution in [1.82, 2.24) is 14.5 Å². The molecule has 0 bridgehead atoms. The smallest absolute Gasteiger partial charge is 0.203 e. The van der Waals surface area contributed by atoms with Crippen molar-refractivity contribution < 1.29 is 4.39 Å². The quantitative estimate of drug-likeness (QED) is 0.717. The maximum Gasteiger partial charge on any atom is 0.203 e. The number of halogens is 2. The molecule has 3 nitrogen and oxygen atoms in total. The van der Waals surface area contributed by atoms with Crippen molar-refractivity contribution in [3.63, 3.8) is 0 Å². The van der Waals surface area contributed by atoms with Crippen molar-refractivity contribution in [1.29, 1.82) is 0 Å². The largest absolute Gasteiger partial charge is 0.314 e. The van der Waals surface area contributed by atoms with Crippen LogP contribution in [-0.2, 0) is 6.54 Å². The lowest BCUT2D eigenvalue weighted by atomic mass is 10.1. The average Bonchev–Trinajstić information content (AvgIpc) is 2.85. The molecule has 0 atom stereocenters. The molecule has 0 saturated heterocycles. The first-order valence-electron chi connectivity index (χ1n) is 6.63. The minimum atomic E-state index is -0.273. The predicted molar refractivity (Wildman–Crippen MR) is 81.5 cm³/mol. The van der Waals surface area contributed by atoms with Gasteiger partial charge in [-0.1, -0.05) is 0 Å². The van der Waals surface area contributed by atoms with Crippen LogP contribution in [0.15, 0.2) is 48.8 Å². The summed E-state index contributed by atoms with van der Waals surface area (Å²) in [5.74, 6) is -0.273. The Labute approximate surface area is 127 Å². The van der Waals surface area contributed by atoms with Crippen LogP contribution in [0.3, 0.4) is 0 Å². The van der Waals surface area contributed by atoms with Crippen LogP contribution >= 0.6 is 11.6 Å². The normalized spacial score (nSPS) is 10.8. The van der Waals surface area contributed by atoms with Gasteiger partial charge in [-0.25, -0.2) is 9.37 Å². The Kier molecular flexibility index (Phi) is 3.71. The molecule has 0 aliphatic rings. The minimum absolute atomic E-state index is 0.273. The zero-order valence-electron chi connectivity index (χ0n) is 11.4. The molecule has 2 aromatic heterocycles. The molecular weight excluding hydrogens is 289 g/mol. The first-order valence-corrected chi connectivity index (χ1v) is 7.01. The summed E-state index contributed by atoms with van der Waals surface area (Å²) in [5.41, 5.74) is 3.47. The third-order valence-electron chi connectivity index (χ3n) is 3.31. The fourth-order valence-corrected chi connectivity index (χ4v) is 2.61. The lowest BCUT2D eigenvalue weighted by Gasteiger charge is -2.08. The van der Waals surface area contributed by atoms with Crippen LogP contribution < -0.4 is 0 Å². The Bertz CT molecular complexity index is 751. The Hall–Kier alpha value is -2.20. The molecule has 3 aromatic rings. The van der Waals surface area contributed by atoms with Crippen LogP contribution in [0.4, 0.5) is 4.39 Å². The van der Waals surface area contributed by atoms with E-state index >= 15 is 0 Å². The fourth-order valence-electron chi connectivity index (χ4n) is 2.33. The monoisotopic (exact) mass is 301 g/mol. The molecular formula is C16H13ClFN3. The van der Waals surface area contributed by atoms with E-state index in [9.17, 15) is 4.39 Å². The zero-order chi connectivity index (χ0) is 14.8. The number of hydrogen-bond acceptors (Lipinski definition) is 2. The molecule has 1 aromatic carbocycles. The summed E-state index contributed by atoms with van der Waals surface area (Å²) in [6, 6.07) is 10.1. The van der Waals surface area contributed by atoms with Crippen LogP contribution in [0.1, 0.15) is 6.92 Å². The number of hydrogen-bond donors (Lipinski definition) is 0. The van der Waals surface area contributed by atoms with Crippen LogP contribution in [0.2, 0.25) is 5.28 Å². The maximum atomic E-state index is 13.1. The molecule has 0 amide bonds. The third kappa shape index (κ3) is 2.54. The molecule has 21 heavy (non-hydrogen) atoms. The van der Waals surface area contributed by atoms with E-state index in [1.54, 1.807) is 24.5 Å². The minimum Gasteiger partial charge on any atom is -0.314 e. The van der Waals surface area contributed by atoms with Crippen LogP contribution in [0.5, 0.6) is 0 Å². The number of pyridine rings is 1. The van der Waals surface area contributed by atoms with Gasteiger partial charge < -0.3 is 4.57 Å². The van der Waals surface area contributed by atoms with Gasteiger partial charge in [0.25, 0.3) is 0 Å². The Morgan fingerprint density at radius 3 is 2.33 bits per heavy atom. The summed E-state index contributed by atoms with van der Waals surface area (Å²) in [6.45, 7) is 2.71. The van der Waals surface area contributed by atoms with Gasteiger partial charge in [0.2, 0.25) is 5.28 Å². The zero-order valence-corrected chi connectivity index (χ0v) is 12.2. The number of imidazole rings is 1. The van der Waals surface area contributed by atoms with Crippen molar-refractivity contribution >= 4 is 11.6 Å². The highest BCUT2D eigenvalue weighted by Gasteiger charge is 2.18. The molecule has 106 valence electrons. The first-order chi connectivity index (χ1) is 10.2. The molecule has 5 heteroatoms. The molecule has 0 aliphatic carbocycles. The van der Waals surface area contributed by atoms with Gasteiger partial charge in [0.15, 0.2) is 0 Å². The summed E-state index contributed by atoms with van der Waals surface area (Å²) in [5, 5.41) is 0.420. The van der Waals surface area contributed by atoms with E-state index in [4.69, 9.17) is 11.6 Å². The van der Waals surface area contributed by atoms with Gasteiger partial charge in [0.05, 0.1) is 11.4 Å². The van der Waals surface area contributed by atoms with E-state index < -0.39 is 0 Å². The molecule has 0 fully saturated rings. The third-order valence-corrected chi connectivity index (χ3v) is 3.60. The standard InChI is InChI=1S/C16H13ClFN3/c1-2-21-15(12-7-9-19-10-8-12)14(20-16(21)17)11-3-5-13(18)6-4-11/h3-10H,2H2,1H3.